The Hall–Kier alpha value is -7.43. The first kappa shape index (κ1) is 32.2. The second-order valence-electron chi connectivity index (χ2n) is 13.6. The quantitative estimate of drug-likeness (QED) is 0.166. The molecule has 258 valence electrons. The molecule has 0 radical (unpaired) electrons. The molecule has 0 aliphatic rings. The van der Waals surface area contributed by atoms with Gasteiger partial charge in [0, 0.05) is 38.8 Å². The van der Waals surface area contributed by atoms with Gasteiger partial charge in [-0.05, 0) is 47.0 Å². The highest BCUT2D eigenvalue weighted by molar-refractivity contribution is 6.16. The maximum atomic E-state index is 6.93. The molecule has 4 heteroatoms. The lowest BCUT2D eigenvalue weighted by Gasteiger charge is -2.12. The highest BCUT2D eigenvalue weighted by atomic mass is 16.3. The summed E-state index contributed by atoms with van der Waals surface area (Å²) in [7, 11) is 0. The molecular formula is C51H33N3O. The van der Waals surface area contributed by atoms with E-state index in [1.54, 1.807) is 0 Å². The molecule has 0 unspecified atom stereocenters. The maximum absolute atomic E-state index is 6.93. The van der Waals surface area contributed by atoms with Gasteiger partial charge in [-0.25, -0.2) is 15.0 Å². The van der Waals surface area contributed by atoms with Crippen molar-refractivity contribution in [3.8, 4) is 78.7 Å². The molecule has 0 aliphatic carbocycles. The Bertz CT molecular complexity index is 2900. The van der Waals surface area contributed by atoms with Crippen LogP contribution in [0.25, 0.3) is 101 Å². The Balaban J connectivity index is 1.14. The number of rotatable bonds is 7. The average molecular weight is 704 g/mol. The minimum atomic E-state index is 0.694. The van der Waals surface area contributed by atoms with E-state index in [0.717, 1.165) is 94.8 Å². The van der Waals surface area contributed by atoms with Crippen LogP contribution in [0.5, 0.6) is 0 Å². The summed E-state index contributed by atoms with van der Waals surface area (Å²) in [5, 5.41) is 1.98. The molecule has 0 atom stereocenters. The van der Waals surface area contributed by atoms with Gasteiger partial charge in [-0.2, -0.15) is 0 Å². The number of pyridine rings is 1. The third kappa shape index (κ3) is 6.06. The highest BCUT2D eigenvalue weighted by Crippen LogP contribution is 2.47. The van der Waals surface area contributed by atoms with E-state index in [2.05, 4.69) is 140 Å². The summed E-state index contributed by atoms with van der Waals surface area (Å²) >= 11 is 0. The van der Waals surface area contributed by atoms with E-state index in [9.17, 15) is 0 Å². The molecule has 0 spiro atoms. The summed E-state index contributed by atoms with van der Waals surface area (Å²) in [5.74, 6) is 1.53. The van der Waals surface area contributed by atoms with E-state index < -0.39 is 0 Å². The number of para-hydroxylation sites is 1. The van der Waals surface area contributed by atoms with Gasteiger partial charge in [0.25, 0.3) is 0 Å². The van der Waals surface area contributed by atoms with Crippen LogP contribution >= 0.6 is 0 Å². The van der Waals surface area contributed by atoms with Gasteiger partial charge < -0.3 is 4.42 Å². The van der Waals surface area contributed by atoms with Gasteiger partial charge >= 0.3 is 0 Å². The summed E-state index contributed by atoms with van der Waals surface area (Å²) in [6.45, 7) is 0. The summed E-state index contributed by atoms with van der Waals surface area (Å²) in [5.41, 5.74) is 13.7. The fraction of sp³-hybridized carbons (Fsp3) is 0. The topological polar surface area (TPSA) is 51.8 Å². The van der Waals surface area contributed by atoms with E-state index in [1.807, 2.05) is 60.7 Å². The van der Waals surface area contributed by atoms with Crippen LogP contribution in [0.1, 0.15) is 0 Å². The zero-order valence-corrected chi connectivity index (χ0v) is 29.8. The Kier molecular flexibility index (Phi) is 8.12. The standard InChI is InChI=1S/C51H33N3O/c1-5-17-34(18-6-1)44-33-45(54-51(53-44)37-23-11-4-12-24-37)40-27-15-25-38(31-40)39-26-16-28-41(32-39)48-47-46(35-19-7-2-8-20-35)49(36-21-9-3-10-22-36)55-50(47)42-29-13-14-30-43(42)52-48/h1-33H. The molecule has 4 nitrogen and oxygen atoms in total. The van der Waals surface area contributed by atoms with Crippen molar-refractivity contribution < 1.29 is 4.42 Å². The van der Waals surface area contributed by atoms with Crippen molar-refractivity contribution >= 4 is 21.9 Å². The zero-order valence-electron chi connectivity index (χ0n) is 29.8. The Morgan fingerprint density at radius 1 is 0.345 bits per heavy atom. The van der Waals surface area contributed by atoms with E-state index in [0.29, 0.717) is 5.82 Å². The molecule has 0 fully saturated rings. The number of nitrogens with zero attached hydrogens (tertiary/aromatic N) is 3. The Labute approximate surface area is 319 Å². The van der Waals surface area contributed by atoms with Gasteiger partial charge in [0.2, 0.25) is 0 Å². The van der Waals surface area contributed by atoms with Crippen LogP contribution in [0.3, 0.4) is 0 Å². The average Bonchev–Trinajstić information content (AvgIpc) is 3.69. The van der Waals surface area contributed by atoms with Crippen LogP contribution in [0.4, 0.5) is 0 Å². The number of aromatic nitrogens is 3. The van der Waals surface area contributed by atoms with Crippen molar-refractivity contribution in [2.75, 3.05) is 0 Å². The van der Waals surface area contributed by atoms with Gasteiger partial charge in [-0.1, -0.05) is 170 Å². The van der Waals surface area contributed by atoms with Crippen molar-refractivity contribution in [3.05, 3.63) is 200 Å². The van der Waals surface area contributed by atoms with Gasteiger partial charge in [0.15, 0.2) is 5.82 Å². The number of fused-ring (bicyclic) bond motifs is 3. The van der Waals surface area contributed by atoms with Crippen LogP contribution < -0.4 is 0 Å². The fourth-order valence-corrected chi connectivity index (χ4v) is 7.44. The molecule has 10 rings (SSSR count). The first-order valence-electron chi connectivity index (χ1n) is 18.4. The minimum Gasteiger partial charge on any atom is -0.455 e. The molecule has 0 aliphatic heterocycles. The van der Waals surface area contributed by atoms with Crippen molar-refractivity contribution in [3.63, 3.8) is 0 Å². The van der Waals surface area contributed by atoms with Crippen LogP contribution in [-0.2, 0) is 0 Å². The SMILES string of the molecule is c1ccc(-c2cc(-c3cccc(-c4cccc(-c5nc6ccccc6c6oc(-c7ccccc7)c(-c7ccccc7)c56)c4)c3)nc(-c3ccccc3)n2)cc1. The van der Waals surface area contributed by atoms with E-state index >= 15 is 0 Å². The van der Waals surface area contributed by atoms with Gasteiger partial charge in [0.1, 0.15) is 11.3 Å². The first-order chi connectivity index (χ1) is 27.3. The summed E-state index contributed by atoms with van der Waals surface area (Å²) in [6.07, 6.45) is 0. The highest BCUT2D eigenvalue weighted by Gasteiger charge is 2.24. The molecule has 3 heterocycles. The van der Waals surface area contributed by atoms with Crippen molar-refractivity contribution in [1.82, 2.24) is 15.0 Å². The predicted octanol–water partition coefficient (Wildman–Crippen LogP) is 13.4. The van der Waals surface area contributed by atoms with Gasteiger partial charge in [-0.3, -0.25) is 0 Å². The van der Waals surface area contributed by atoms with Crippen LogP contribution in [0.15, 0.2) is 205 Å². The fourth-order valence-electron chi connectivity index (χ4n) is 7.44. The normalized spacial score (nSPS) is 11.3. The van der Waals surface area contributed by atoms with Crippen molar-refractivity contribution in [1.29, 1.82) is 0 Å². The molecular weight excluding hydrogens is 671 g/mol. The third-order valence-corrected chi connectivity index (χ3v) is 10.1. The largest absolute Gasteiger partial charge is 0.455 e. The van der Waals surface area contributed by atoms with E-state index in [4.69, 9.17) is 19.4 Å². The van der Waals surface area contributed by atoms with Crippen molar-refractivity contribution in [2.24, 2.45) is 0 Å². The molecule has 0 amide bonds. The summed E-state index contributed by atoms with van der Waals surface area (Å²) in [4.78, 5) is 15.5. The molecule has 0 bridgehead atoms. The first-order valence-corrected chi connectivity index (χ1v) is 18.4. The second-order valence-corrected chi connectivity index (χ2v) is 13.6. The molecule has 10 aromatic rings. The number of hydrogen-bond donors (Lipinski definition) is 0. The lowest BCUT2D eigenvalue weighted by atomic mass is 9.93. The molecule has 0 saturated heterocycles. The van der Waals surface area contributed by atoms with Gasteiger partial charge in [-0.15, -0.1) is 0 Å². The zero-order chi connectivity index (χ0) is 36.6. The predicted molar refractivity (Wildman–Crippen MR) is 225 cm³/mol. The van der Waals surface area contributed by atoms with E-state index in [-0.39, 0.29) is 0 Å². The van der Waals surface area contributed by atoms with Crippen LogP contribution in [0, 0.1) is 0 Å². The third-order valence-electron chi connectivity index (χ3n) is 10.1. The smallest absolute Gasteiger partial charge is 0.160 e. The molecule has 55 heavy (non-hydrogen) atoms. The maximum Gasteiger partial charge on any atom is 0.160 e. The van der Waals surface area contributed by atoms with Crippen LogP contribution in [-0.4, -0.2) is 15.0 Å². The Morgan fingerprint density at radius 3 is 1.51 bits per heavy atom. The number of hydrogen-bond acceptors (Lipinski definition) is 4. The summed E-state index contributed by atoms with van der Waals surface area (Å²) in [6, 6.07) is 68.9. The Morgan fingerprint density at radius 2 is 0.836 bits per heavy atom. The molecule has 3 aromatic heterocycles. The second kappa shape index (κ2) is 13.8. The van der Waals surface area contributed by atoms with Crippen molar-refractivity contribution in [2.45, 2.75) is 0 Å². The van der Waals surface area contributed by atoms with Crippen LogP contribution in [0.2, 0.25) is 0 Å². The minimum absolute atomic E-state index is 0.694. The lowest BCUT2D eigenvalue weighted by Crippen LogP contribution is -1.96. The van der Waals surface area contributed by atoms with Gasteiger partial charge in [0.05, 0.1) is 28.0 Å². The monoisotopic (exact) mass is 703 g/mol. The lowest BCUT2D eigenvalue weighted by molar-refractivity contribution is 0.636. The molecule has 0 saturated carbocycles. The summed E-state index contributed by atoms with van der Waals surface area (Å²) < 4.78 is 6.93. The number of benzene rings is 7. The molecule has 0 N–H and O–H groups in total. The molecule has 7 aromatic carbocycles. The van der Waals surface area contributed by atoms with E-state index in [1.165, 1.54) is 0 Å². The number of furan rings is 1.